The lowest BCUT2D eigenvalue weighted by atomic mass is 9.98. The fourth-order valence-corrected chi connectivity index (χ4v) is 4.88. The molecule has 0 radical (unpaired) electrons. The average Bonchev–Trinajstić information content (AvgIpc) is 3.39. The summed E-state index contributed by atoms with van der Waals surface area (Å²) in [5.41, 5.74) is 3.33. The number of amides is 1. The van der Waals surface area contributed by atoms with Crippen LogP contribution in [0.25, 0.3) is 0 Å². The molecular weight excluding hydrogens is 489 g/mol. The smallest absolute Gasteiger partial charge is 0.269 e. The lowest BCUT2D eigenvalue weighted by Gasteiger charge is -2.36. The Bertz CT molecular complexity index is 1340. The molecule has 0 saturated carbocycles. The van der Waals surface area contributed by atoms with E-state index in [0.717, 1.165) is 22.7 Å². The van der Waals surface area contributed by atoms with Crippen molar-refractivity contribution in [2.45, 2.75) is 12.5 Å². The maximum absolute atomic E-state index is 14.1. The second kappa shape index (κ2) is 11.0. The molecular formula is C28H28FN5O4. The number of rotatable bonds is 7. The van der Waals surface area contributed by atoms with Gasteiger partial charge in [0, 0.05) is 50.4 Å². The van der Waals surface area contributed by atoms with Gasteiger partial charge in [-0.05, 0) is 59.7 Å². The minimum atomic E-state index is -0.411. The summed E-state index contributed by atoms with van der Waals surface area (Å²) in [7, 11) is 1.61. The van der Waals surface area contributed by atoms with Gasteiger partial charge in [0.15, 0.2) is 0 Å². The minimum Gasteiger partial charge on any atom is -0.497 e. The van der Waals surface area contributed by atoms with Crippen LogP contribution in [0.5, 0.6) is 5.75 Å². The van der Waals surface area contributed by atoms with Crippen molar-refractivity contribution in [2.75, 3.05) is 44.7 Å². The number of non-ortho nitro benzene ring substituents is 1. The molecule has 9 nitrogen and oxygen atoms in total. The minimum absolute atomic E-state index is 0.0611. The largest absolute Gasteiger partial charge is 0.497 e. The van der Waals surface area contributed by atoms with E-state index in [-0.39, 0.29) is 24.0 Å². The highest BCUT2D eigenvalue weighted by Gasteiger charge is 2.34. The van der Waals surface area contributed by atoms with Gasteiger partial charge in [-0.1, -0.05) is 12.1 Å². The summed E-state index contributed by atoms with van der Waals surface area (Å²) < 4.78 is 19.3. The first-order chi connectivity index (χ1) is 18.4. The monoisotopic (exact) mass is 517 g/mol. The van der Waals surface area contributed by atoms with E-state index >= 15 is 0 Å². The zero-order valence-corrected chi connectivity index (χ0v) is 21.0. The molecule has 2 aliphatic rings. The number of benzene rings is 3. The lowest BCUT2D eigenvalue weighted by molar-refractivity contribution is -0.384. The van der Waals surface area contributed by atoms with Crippen molar-refractivity contribution in [2.24, 2.45) is 5.10 Å². The van der Waals surface area contributed by atoms with Crippen LogP contribution in [0.2, 0.25) is 0 Å². The highest BCUT2D eigenvalue weighted by molar-refractivity contribution is 6.03. The van der Waals surface area contributed by atoms with Gasteiger partial charge >= 0.3 is 0 Å². The molecule has 0 spiro atoms. The maximum Gasteiger partial charge on any atom is 0.269 e. The first-order valence-corrected chi connectivity index (χ1v) is 12.4. The number of hydrogen-bond acceptors (Lipinski definition) is 7. The van der Waals surface area contributed by atoms with Crippen LogP contribution in [-0.2, 0) is 4.79 Å². The second-order valence-corrected chi connectivity index (χ2v) is 9.33. The fraction of sp³-hybridized carbons (Fsp3) is 0.286. The van der Waals surface area contributed by atoms with E-state index in [9.17, 15) is 19.3 Å². The van der Waals surface area contributed by atoms with E-state index in [0.29, 0.717) is 38.2 Å². The van der Waals surface area contributed by atoms with Gasteiger partial charge in [0.2, 0.25) is 0 Å². The Morgan fingerprint density at radius 3 is 2.39 bits per heavy atom. The van der Waals surface area contributed by atoms with Gasteiger partial charge in [-0.2, -0.15) is 5.10 Å². The predicted octanol–water partition coefficient (Wildman–Crippen LogP) is 4.24. The number of nitro benzene ring substituents is 1. The average molecular weight is 518 g/mol. The summed E-state index contributed by atoms with van der Waals surface area (Å²) in [4.78, 5) is 28.2. The highest BCUT2D eigenvalue weighted by atomic mass is 19.1. The standard InChI is InChI=1S/C28H28FN5O4/c1-38-25-11-5-20(6-12-25)26-18-27(21-3-2-4-22(29)17-21)33(30-26)28(35)19-31-13-15-32(16-14-31)23-7-9-24(10-8-23)34(36)37/h2-12,17,27H,13-16,18-19H2,1H3. The summed E-state index contributed by atoms with van der Waals surface area (Å²) in [6, 6.07) is 20.0. The van der Waals surface area contributed by atoms with E-state index in [4.69, 9.17) is 9.84 Å². The Kier molecular flexibility index (Phi) is 7.32. The molecule has 38 heavy (non-hydrogen) atoms. The molecule has 3 aromatic carbocycles. The molecule has 1 saturated heterocycles. The van der Waals surface area contributed by atoms with Crippen LogP contribution in [0, 0.1) is 15.9 Å². The number of hydrogen-bond donors (Lipinski definition) is 0. The molecule has 0 aliphatic carbocycles. The number of nitrogens with zero attached hydrogens (tertiary/aromatic N) is 5. The van der Waals surface area contributed by atoms with E-state index in [1.165, 1.54) is 29.3 Å². The molecule has 5 rings (SSSR count). The third kappa shape index (κ3) is 5.50. The number of hydrazone groups is 1. The third-order valence-corrected chi connectivity index (χ3v) is 6.98. The summed E-state index contributed by atoms with van der Waals surface area (Å²) in [5.74, 6) is 0.233. The van der Waals surface area contributed by atoms with Crippen LogP contribution in [0.15, 0.2) is 77.9 Å². The number of methoxy groups -OCH3 is 1. The number of carbonyl (C=O) groups is 1. The van der Waals surface area contributed by atoms with Crippen molar-refractivity contribution in [1.29, 1.82) is 0 Å². The summed E-state index contributed by atoms with van der Waals surface area (Å²) in [6.07, 6.45) is 0.482. The summed E-state index contributed by atoms with van der Waals surface area (Å²) >= 11 is 0. The zero-order valence-electron chi connectivity index (χ0n) is 21.0. The first-order valence-electron chi connectivity index (χ1n) is 12.4. The van der Waals surface area contributed by atoms with E-state index in [1.54, 1.807) is 25.3 Å². The molecule has 2 aliphatic heterocycles. The molecule has 0 N–H and O–H groups in total. The fourth-order valence-electron chi connectivity index (χ4n) is 4.88. The second-order valence-electron chi connectivity index (χ2n) is 9.33. The zero-order chi connectivity index (χ0) is 26.6. The van der Waals surface area contributed by atoms with Gasteiger partial charge in [0.1, 0.15) is 11.6 Å². The van der Waals surface area contributed by atoms with Crippen LogP contribution in [0.3, 0.4) is 0 Å². The first kappa shape index (κ1) is 25.3. The Morgan fingerprint density at radius 1 is 1.05 bits per heavy atom. The lowest BCUT2D eigenvalue weighted by Crippen LogP contribution is -2.49. The molecule has 1 fully saturated rings. The molecule has 0 bridgehead atoms. The summed E-state index contributed by atoms with van der Waals surface area (Å²) in [6.45, 7) is 2.91. The quantitative estimate of drug-likeness (QED) is 0.344. The van der Waals surface area contributed by atoms with Crippen molar-refractivity contribution < 1.29 is 18.8 Å². The van der Waals surface area contributed by atoms with Crippen molar-refractivity contribution in [3.8, 4) is 5.75 Å². The molecule has 10 heteroatoms. The van der Waals surface area contributed by atoms with Crippen LogP contribution >= 0.6 is 0 Å². The normalized spacial score (nSPS) is 17.8. The summed E-state index contributed by atoms with van der Waals surface area (Å²) in [5, 5.41) is 17.1. The molecule has 0 aromatic heterocycles. The molecule has 2 heterocycles. The van der Waals surface area contributed by atoms with Crippen molar-refractivity contribution in [1.82, 2.24) is 9.91 Å². The third-order valence-electron chi connectivity index (χ3n) is 6.98. The van der Waals surface area contributed by atoms with Gasteiger partial charge in [-0.15, -0.1) is 0 Å². The molecule has 3 aromatic rings. The Balaban J connectivity index is 1.28. The highest BCUT2D eigenvalue weighted by Crippen LogP contribution is 2.33. The Morgan fingerprint density at radius 2 is 1.76 bits per heavy atom. The van der Waals surface area contributed by atoms with Crippen molar-refractivity contribution >= 4 is 23.0 Å². The SMILES string of the molecule is COc1ccc(C2=NN(C(=O)CN3CCN(c4ccc([N+](=O)[O-])cc4)CC3)C(c3cccc(F)c3)C2)cc1. The van der Waals surface area contributed by atoms with E-state index in [1.807, 2.05) is 30.3 Å². The van der Waals surface area contributed by atoms with Crippen LogP contribution in [-0.4, -0.2) is 66.3 Å². The maximum atomic E-state index is 14.1. The van der Waals surface area contributed by atoms with Crippen LogP contribution < -0.4 is 9.64 Å². The van der Waals surface area contributed by atoms with Gasteiger partial charge < -0.3 is 9.64 Å². The predicted molar refractivity (Wildman–Crippen MR) is 142 cm³/mol. The van der Waals surface area contributed by atoms with Gasteiger partial charge in [-0.25, -0.2) is 9.40 Å². The van der Waals surface area contributed by atoms with E-state index < -0.39 is 11.0 Å². The number of piperazine rings is 1. The molecule has 196 valence electrons. The topological polar surface area (TPSA) is 91.5 Å². The Labute approximate surface area is 219 Å². The van der Waals surface area contributed by atoms with Gasteiger partial charge in [0.05, 0.1) is 30.3 Å². The Hall–Kier alpha value is -4.31. The number of anilines is 1. The van der Waals surface area contributed by atoms with Gasteiger partial charge in [0.25, 0.3) is 11.6 Å². The van der Waals surface area contributed by atoms with Crippen molar-refractivity contribution in [3.63, 3.8) is 0 Å². The number of carbonyl (C=O) groups excluding carboxylic acids is 1. The molecule has 1 amide bonds. The number of nitro groups is 1. The van der Waals surface area contributed by atoms with Crippen LogP contribution in [0.1, 0.15) is 23.6 Å². The van der Waals surface area contributed by atoms with Gasteiger partial charge in [-0.3, -0.25) is 19.8 Å². The molecule has 1 atom stereocenters. The van der Waals surface area contributed by atoms with E-state index in [2.05, 4.69) is 9.80 Å². The number of ether oxygens (including phenoxy) is 1. The van der Waals surface area contributed by atoms with Crippen molar-refractivity contribution in [3.05, 3.63) is 99.9 Å². The number of halogens is 1. The molecule has 1 unspecified atom stereocenters. The van der Waals surface area contributed by atoms with Crippen LogP contribution in [0.4, 0.5) is 15.8 Å².